The number of ketones is 1. The van der Waals surface area contributed by atoms with Crippen LogP contribution in [0.3, 0.4) is 0 Å². The van der Waals surface area contributed by atoms with Gasteiger partial charge in [-0.05, 0) is 36.4 Å². The molecule has 130 valence electrons. The molecule has 4 aromatic rings. The molecule has 0 atom stereocenters. The molecule has 0 aliphatic heterocycles. The molecular weight excluding hydrogens is 350 g/mol. The number of carbonyl (C=O) groups excluding carboxylic acids is 1. The van der Waals surface area contributed by atoms with Gasteiger partial charge in [0.25, 0.3) is 0 Å². The predicted octanol–water partition coefficient (Wildman–Crippen LogP) is 4.20. The van der Waals surface area contributed by atoms with E-state index >= 15 is 0 Å². The quantitative estimate of drug-likeness (QED) is 0.407. The van der Waals surface area contributed by atoms with Crippen LogP contribution in [-0.2, 0) is 0 Å². The summed E-state index contributed by atoms with van der Waals surface area (Å²) in [4.78, 5) is 16.8. The Morgan fingerprint density at radius 3 is 2.77 bits per heavy atom. The fourth-order valence-corrected chi connectivity index (χ4v) is 3.18. The first-order chi connectivity index (χ1) is 12.7. The number of H-pyrrole nitrogens is 1. The maximum Gasteiger partial charge on any atom is 0.209 e. The number of hydrogen-bond acceptors (Lipinski definition) is 6. The average molecular weight is 365 g/mol. The van der Waals surface area contributed by atoms with E-state index in [1.165, 1.54) is 11.8 Å². The Balaban J connectivity index is 1.43. The average Bonchev–Trinajstić information content (AvgIpc) is 3.33. The van der Waals surface area contributed by atoms with Gasteiger partial charge in [-0.15, -0.1) is 5.10 Å². The first-order valence-electron chi connectivity index (χ1n) is 7.94. The van der Waals surface area contributed by atoms with Crippen molar-refractivity contribution < 1.29 is 13.9 Å². The highest BCUT2D eigenvalue weighted by molar-refractivity contribution is 7.99. The zero-order valence-corrected chi connectivity index (χ0v) is 14.7. The van der Waals surface area contributed by atoms with Gasteiger partial charge in [0.05, 0.1) is 12.9 Å². The second kappa shape index (κ2) is 7.05. The lowest BCUT2D eigenvalue weighted by Crippen LogP contribution is -2.00. The third-order valence-electron chi connectivity index (χ3n) is 3.86. The Labute approximate surface area is 153 Å². The largest absolute Gasteiger partial charge is 0.497 e. The molecule has 0 bridgehead atoms. The summed E-state index contributed by atoms with van der Waals surface area (Å²) < 4.78 is 10.7. The van der Waals surface area contributed by atoms with Crippen LogP contribution in [0.15, 0.2) is 64.2 Å². The van der Waals surface area contributed by atoms with E-state index < -0.39 is 0 Å². The van der Waals surface area contributed by atoms with Crippen molar-refractivity contribution in [3.63, 3.8) is 0 Å². The highest BCUT2D eigenvalue weighted by Gasteiger charge is 2.14. The van der Waals surface area contributed by atoms with Crippen LogP contribution in [0, 0.1) is 0 Å². The zero-order chi connectivity index (χ0) is 17.9. The topological polar surface area (TPSA) is 81.0 Å². The highest BCUT2D eigenvalue weighted by Crippen LogP contribution is 2.24. The number of aromatic amines is 1. The number of methoxy groups -OCH3 is 1. The van der Waals surface area contributed by atoms with Crippen LogP contribution in [0.5, 0.6) is 5.75 Å². The van der Waals surface area contributed by atoms with Crippen LogP contribution >= 0.6 is 11.8 Å². The molecule has 0 radical (unpaired) electrons. The third kappa shape index (κ3) is 3.34. The van der Waals surface area contributed by atoms with E-state index in [1.54, 1.807) is 13.2 Å². The van der Waals surface area contributed by atoms with Gasteiger partial charge in [-0.25, -0.2) is 4.98 Å². The van der Waals surface area contributed by atoms with Crippen LogP contribution in [-0.4, -0.2) is 33.8 Å². The third-order valence-corrected chi connectivity index (χ3v) is 4.71. The number of hydrogen-bond donors (Lipinski definition) is 1. The molecule has 0 aliphatic carbocycles. The molecule has 0 spiro atoms. The Kier molecular flexibility index (Phi) is 4.45. The molecule has 0 amide bonds. The fourth-order valence-electron chi connectivity index (χ4n) is 2.51. The highest BCUT2D eigenvalue weighted by atomic mass is 32.2. The van der Waals surface area contributed by atoms with Crippen molar-refractivity contribution in [2.24, 2.45) is 0 Å². The number of furan rings is 1. The molecule has 26 heavy (non-hydrogen) atoms. The number of ether oxygens (including phenoxy) is 1. The van der Waals surface area contributed by atoms with Gasteiger partial charge in [-0.2, -0.15) is 0 Å². The molecule has 1 N–H and O–H groups in total. The fraction of sp³-hybridized carbons (Fsp3) is 0.105. The van der Waals surface area contributed by atoms with Crippen molar-refractivity contribution in [3.8, 4) is 17.1 Å². The number of para-hydroxylation sites is 1. The molecular formula is C19H15N3O3S. The Morgan fingerprint density at radius 1 is 1.19 bits per heavy atom. The van der Waals surface area contributed by atoms with Crippen molar-refractivity contribution in [1.82, 2.24) is 15.2 Å². The van der Waals surface area contributed by atoms with Gasteiger partial charge in [-0.1, -0.05) is 30.0 Å². The minimum absolute atomic E-state index is 0.0954. The number of thioether (sulfide) groups is 1. The van der Waals surface area contributed by atoms with Gasteiger partial charge in [-0.3, -0.25) is 9.89 Å². The second-order valence-corrected chi connectivity index (χ2v) is 6.50. The maximum absolute atomic E-state index is 12.3. The van der Waals surface area contributed by atoms with Crippen molar-refractivity contribution in [1.29, 1.82) is 0 Å². The van der Waals surface area contributed by atoms with E-state index in [9.17, 15) is 4.79 Å². The SMILES string of the molecule is COc1ccc(-c2nc(SCC(=O)c3cc4ccccc4o3)n[nH]2)cc1. The van der Waals surface area contributed by atoms with E-state index in [4.69, 9.17) is 9.15 Å². The minimum atomic E-state index is -0.0954. The summed E-state index contributed by atoms with van der Waals surface area (Å²) in [7, 11) is 1.62. The molecule has 6 nitrogen and oxygen atoms in total. The zero-order valence-electron chi connectivity index (χ0n) is 13.9. The van der Waals surface area contributed by atoms with Gasteiger partial charge in [0, 0.05) is 10.9 Å². The number of nitrogens with one attached hydrogen (secondary N) is 1. The summed E-state index contributed by atoms with van der Waals surface area (Å²) in [6.07, 6.45) is 0. The molecule has 0 aliphatic rings. The van der Waals surface area contributed by atoms with Crippen LogP contribution in [0.4, 0.5) is 0 Å². The molecule has 2 aromatic carbocycles. The Bertz CT molecular complexity index is 1020. The molecule has 0 saturated heterocycles. The van der Waals surface area contributed by atoms with E-state index in [1.807, 2.05) is 48.5 Å². The van der Waals surface area contributed by atoms with Crippen molar-refractivity contribution in [2.75, 3.05) is 12.9 Å². The molecule has 2 heterocycles. The lowest BCUT2D eigenvalue weighted by atomic mass is 10.2. The van der Waals surface area contributed by atoms with E-state index in [2.05, 4.69) is 15.2 Å². The van der Waals surface area contributed by atoms with Gasteiger partial charge >= 0.3 is 0 Å². The summed E-state index contributed by atoms with van der Waals surface area (Å²) in [5, 5.41) is 8.47. The van der Waals surface area contributed by atoms with Gasteiger partial charge < -0.3 is 9.15 Å². The number of carbonyl (C=O) groups is 1. The van der Waals surface area contributed by atoms with Crippen molar-refractivity contribution in [3.05, 3.63) is 60.4 Å². The molecule has 2 aromatic heterocycles. The lowest BCUT2D eigenvalue weighted by Gasteiger charge is -1.99. The van der Waals surface area contributed by atoms with Crippen LogP contribution in [0.25, 0.3) is 22.4 Å². The number of aromatic nitrogens is 3. The molecule has 4 rings (SSSR count). The van der Waals surface area contributed by atoms with E-state index in [0.29, 0.717) is 22.3 Å². The molecule has 0 fully saturated rings. The summed E-state index contributed by atoms with van der Waals surface area (Å²) >= 11 is 1.27. The number of rotatable bonds is 6. The Hall–Kier alpha value is -3.06. The molecule has 7 heteroatoms. The summed E-state index contributed by atoms with van der Waals surface area (Å²) in [5.41, 5.74) is 1.61. The van der Waals surface area contributed by atoms with Crippen molar-refractivity contribution in [2.45, 2.75) is 5.16 Å². The van der Waals surface area contributed by atoms with Crippen LogP contribution in [0.1, 0.15) is 10.6 Å². The summed E-state index contributed by atoms with van der Waals surface area (Å²) in [6.45, 7) is 0. The van der Waals surface area contributed by atoms with E-state index in [0.717, 1.165) is 16.7 Å². The summed E-state index contributed by atoms with van der Waals surface area (Å²) in [6, 6.07) is 16.8. The smallest absolute Gasteiger partial charge is 0.209 e. The first kappa shape index (κ1) is 16.4. The van der Waals surface area contributed by atoms with Crippen LogP contribution < -0.4 is 4.74 Å². The van der Waals surface area contributed by atoms with Gasteiger partial charge in [0.15, 0.2) is 11.6 Å². The maximum atomic E-state index is 12.3. The minimum Gasteiger partial charge on any atom is -0.497 e. The normalized spacial score (nSPS) is 11.0. The van der Waals surface area contributed by atoms with E-state index in [-0.39, 0.29) is 11.5 Å². The Morgan fingerprint density at radius 2 is 2.00 bits per heavy atom. The summed E-state index contributed by atoms with van der Waals surface area (Å²) in [5.74, 6) is 1.89. The molecule has 0 saturated carbocycles. The number of benzene rings is 2. The standard InChI is InChI=1S/C19H15N3O3S/c1-24-14-8-6-12(7-9-14)18-20-19(22-21-18)26-11-15(23)17-10-13-4-2-3-5-16(13)25-17/h2-10H,11H2,1H3,(H,20,21,22). The number of nitrogens with zero attached hydrogens (tertiary/aromatic N) is 2. The monoisotopic (exact) mass is 365 g/mol. The van der Waals surface area contributed by atoms with Crippen molar-refractivity contribution >= 4 is 28.5 Å². The lowest BCUT2D eigenvalue weighted by molar-refractivity contribution is 0.0994. The van der Waals surface area contributed by atoms with Gasteiger partial charge in [0.1, 0.15) is 11.3 Å². The first-order valence-corrected chi connectivity index (χ1v) is 8.93. The molecule has 0 unspecified atom stereocenters. The number of Topliss-reactive ketones (excluding diaryl/α,β-unsaturated/α-hetero) is 1. The predicted molar refractivity (Wildman–Crippen MR) is 99.6 cm³/mol. The second-order valence-electron chi connectivity index (χ2n) is 5.56. The number of fused-ring (bicyclic) bond motifs is 1. The van der Waals surface area contributed by atoms with Crippen LogP contribution in [0.2, 0.25) is 0 Å². The van der Waals surface area contributed by atoms with Gasteiger partial charge in [0.2, 0.25) is 10.9 Å².